The second kappa shape index (κ2) is 8.50. The van der Waals surface area contributed by atoms with Gasteiger partial charge in [0.1, 0.15) is 0 Å². The third kappa shape index (κ3) is 5.87. The van der Waals surface area contributed by atoms with Crippen LogP contribution in [0.1, 0.15) is 75.7 Å². The van der Waals surface area contributed by atoms with Gasteiger partial charge in [-0.3, -0.25) is 9.59 Å². The van der Waals surface area contributed by atoms with E-state index in [0.29, 0.717) is 30.5 Å². The smallest absolute Gasteiger partial charge is 0.251 e. The fourth-order valence-electron chi connectivity index (χ4n) is 3.32. The van der Waals surface area contributed by atoms with Crippen molar-refractivity contribution in [1.29, 1.82) is 0 Å². The van der Waals surface area contributed by atoms with E-state index in [9.17, 15) is 9.59 Å². The first-order chi connectivity index (χ1) is 11.8. The Bertz CT molecular complexity index is 587. The van der Waals surface area contributed by atoms with Gasteiger partial charge >= 0.3 is 0 Å². The lowest BCUT2D eigenvalue weighted by molar-refractivity contribution is -0.122. The molecule has 25 heavy (non-hydrogen) atoms. The summed E-state index contributed by atoms with van der Waals surface area (Å²) in [6.07, 6.45) is 5.04. The minimum absolute atomic E-state index is 0.0298. The molecule has 1 saturated carbocycles. The lowest BCUT2D eigenvalue weighted by atomic mass is 9.86. The first kappa shape index (κ1) is 19.5. The summed E-state index contributed by atoms with van der Waals surface area (Å²) < 4.78 is 0. The average Bonchev–Trinajstić information content (AvgIpc) is 2.56. The van der Waals surface area contributed by atoms with Gasteiger partial charge < -0.3 is 10.6 Å². The van der Waals surface area contributed by atoms with Crippen LogP contribution in [0.25, 0.3) is 0 Å². The predicted octanol–water partition coefficient (Wildman–Crippen LogP) is 3.80. The summed E-state index contributed by atoms with van der Waals surface area (Å²) >= 11 is 0. The summed E-state index contributed by atoms with van der Waals surface area (Å²) in [5.74, 6) is 0.454. The average molecular weight is 344 g/mol. The Morgan fingerprint density at radius 2 is 1.72 bits per heavy atom. The number of nitrogens with one attached hydrogen (secondary N) is 2. The quantitative estimate of drug-likeness (QED) is 0.853. The van der Waals surface area contributed by atoms with E-state index in [4.69, 9.17) is 0 Å². The Balaban J connectivity index is 1.75. The van der Waals surface area contributed by atoms with Gasteiger partial charge in [-0.15, -0.1) is 0 Å². The molecular formula is C21H32N2O2. The van der Waals surface area contributed by atoms with Crippen LogP contribution in [0.4, 0.5) is 0 Å². The molecule has 1 aromatic rings. The van der Waals surface area contributed by atoms with Gasteiger partial charge in [0.05, 0.1) is 0 Å². The summed E-state index contributed by atoms with van der Waals surface area (Å²) in [7, 11) is 0. The second-order valence-corrected chi connectivity index (χ2v) is 8.27. The Kier molecular flexibility index (Phi) is 6.63. The van der Waals surface area contributed by atoms with E-state index in [-0.39, 0.29) is 17.2 Å². The fraction of sp³-hybridized carbons (Fsp3) is 0.619. The van der Waals surface area contributed by atoms with Gasteiger partial charge in [-0.05, 0) is 41.9 Å². The Morgan fingerprint density at radius 1 is 1.08 bits per heavy atom. The number of benzene rings is 1. The molecule has 0 bridgehead atoms. The first-order valence-corrected chi connectivity index (χ1v) is 9.45. The van der Waals surface area contributed by atoms with Crippen LogP contribution in [-0.4, -0.2) is 24.4 Å². The standard InChI is InChI=1S/C21H32N2O2/c1-15-7-5-6-8-18(15)23-19(24)13-14-22-20(25)16-9-11-17(12-10-16)21(2,3)4/h9-12,15,18H,5-8,13-14H2,1-4H3,(H,22,25)(H,23,24)/t15-,18+/m1/s1. The number of carbonyl (C=O) groups excluding carboxylic acids is 2. The third-order valence-electron chi connectivity index (χ3n) is 5.11. The molecule has 1 fully saturated rings. The molecule has 2 amide bonds. The predicted molar refractivity (Wildman–Crippen MR) is 102 cm³/mol. The lowest BCUT2D eigenvalue weighted by Crippen LogP contribution is -2.42. The normalized spacial score (nSPS) is 20.8. The number of rotatable bonds is 5. The van der Waals surface area contributed by atoms with Gasteiger partial charge in [-0.2, -0.15) is 0 Å². The van der Waals surface area contributed by atoms with Gasteiger partial charge in [-0.25, -0.2) is 0 Å². The van der Waals surface area contributed by atoms with Crippen LogP contribution < -0.4 is 10.6 Å². The molecule has 2 atom stereocenters. The van der Waals surface area contributed by atoms with Crippen molar-refractivity contribution >= 4 is 11.8 Å². The summed E-state index contributed by atoms with van der Waals surface area (Å²) in [5, 5.41) is 5.95. The van der Waals surface area contributed by atoms with E-state index in [1.807, 2.05) is 24.3 Å². The first-order valence-electron chi connectivity index (χ1n) is 9.45. The maximum atomic E-state index is 12.2. The monoisotopic (exact) mass is 344 g/mol. The van der Waals surface area contributed by atoms with Crippen molar-refractivity contribution in [3.63, 3.8) is 0 Å². The minimum atomic E-state index is -0.126. The Hall–Kier alpha value is -1.84. The molecule has 0 saturated heterocycles. The van der Waals surface area contributed by atoms with E-state index in [1.165, 1.54) is 24.8 Å². The van der Waals surface area contributed by atoms with Gasteiger partial charge in [0.25, 0.3) is 5.91 Å². The Labute approximate surface area is 151 Å². The highest BCUT2D eigenvalue weighted by Gasteiger charge is 2.22. The van der Waals surface area contributed by atoms with Crippen molar-refractivity contribution in [2.24, 2.45) is 5.92 Å². The summed E-state index contributed by atoms with van der Waals surface area (Å²) in [4.78, 5) is 24.3. The van der Waals surface area contributed by atoms with Crippen molar-refractivity contribution in [3.05, 3.63) is 35.4 Å². The number of amides is 2. The van der Waals surface area contributed by atoms with E-state index in [0.717, 1.165) is 6.42 Å². The van der Waals surface area contributed by atoms with Crippen molar-refractivity contribution in [2.75, 3.05) is 6.54 Å². The maximum Gasteiger partial charge on any atom is 0.251 e. The molecule has 1 aliphatic rings. The number of hydrogen-bond acceptors (Lipinski definition) is 2. The molecule has 0 spiro atoms. The van der Waals surface area contributed by atoms with Crippen LogP contribution in [-0.2, 0) is 10.2 Å². The molecular weight excluding hydrogens is 312 g/mol. The van der Waals surface area contributed by atoms with E-state index in [2.05, 4.69) is 38.3 Å². The number of hydrogen-bond donors (Lipinski definition) is 2. The SMILES string of the molecule is C[C@@H]1CCCC[C@@H]1NC(=O)CCNC(=O)c1ccc(C(C)(C)C)cc1. The van der Waals surface area contributed by atoms with Crippen LogP contribution in [0, 0.1) is 5.92 Å². The molecule has 1 aliphatic carbocycles. The molecule has 0 heterocycles. The highest BCUT2D eigenvalue weighted by molar-refractivity contribution is 5.94. The molecule has 0 aromatic heterocycles. The van der Waals surface area contributed by atoms with Crippen LogP contribution in [0.3, 0.4) is 0 Å². The van der Waals surface area contributed by atoms with Crippen LogP contribution in [0.2, 0.25) is 0 Å². The minimum Gasteiger partial charge on any atom is -0.353 e. The molecule has 4 heteroatoms. The number of carbonyl (C=O) groups is 2. The highest BCUT2D eigenvalue weighted by atomic mass is 16.2. The van der Waals surface area contributed by atoms with Crippen molar-refractivity contribution in [2.45, 2.75) is 71.3 Å². The third-order valence-corrected chi connectivity index (χ3v) is 5.11. The molecule has 138 valence electrons. The summed E-state index contributed by atoms with van der Waals surface area (Å²) in [5.41, 5.74) is 1.91. The lowest BCUT2D eigenvalue weighted by Gasteiger charge is -2.29. The largest absolute Gasteiger partial charge is 0.353 e. The topological polar surface area (TPSA) is 58.2 Å². The zero-order valence-corrected chi connectivity index (χ0v) is 16.0. The zero-order chi connectivity index (χ0) is 18.4. The molecule has 1 aromatic carbocycles. The van der Waals surface area contributed by atoms with Gasteiger partial charge in [0.2, 0.25) is 5.91 Å². The summed E-state index contributed by atoms with van der Waals surface area (Å²) in [6, 6.07) is 7.97. The molecule has 0 radical (unpaired) electrons. The van der Waals surface area contributed by atoms with Crippen LogP contribution >= 0.6 is 0 Å². The maximum absolute atomic E-state index is 12.2. The van der Waals surface area contributed by atoms with Crippen LogP contribution in [0.15, 0.2) is 24.3 Å². The molecule has 0 unspecified atom stereocenters. The van der Waals surface area contributed by atoms with Crippen molar-refractivity contribution in [3.8, 4) is 0 Å². The highest BCUT2D eigenvalue weighted by Crippen LogP contribution is 2.24. The van der Waals surface area contributed by atoms with Crippen LogP contribution in [0.5, 0.6) is 0 Å². The fourth-order valence-corrected chi connectivity index (χ4v) is 3.32. The molecule has 4 nitrogen and oxygen atoms in total. The molecule has 2 N–H and O–H groups in total. The van der Waals surface area contributed by atoms with Gasteiger partial charge in [-0.1, -0.05) is 52.7 Å². The van der Waals surface area contributed by atoms with Gasteiger partial charge in [0, 0.05) is 24.6 Å². The van der Waals surface area contributed by atoms with E-state index >= 15 is 0 Å². The molecule has 0 aliphatic heterocycles. The van der Waals surface area contributed by atoms with Crippen molar-refractivity contribution in [1.82, 2.24) is 10.6 Å². The van der Waals surface area contributed by atoms with Crippen molar-refractivity contribution < 1.29 is 9.59 Å². The zero-order valence-electron chi connectivity index (χ0n) is 16.0. The van der Waals surface area contributed by atoms with E-state index in [1.54, 1.807) is 0 Å². The summed E-state index contributed by atoms with van der Waals surface area (Å²) in [6.45, 7) is 9.01. The van der Waals surface area contributed by atoms with Gasteiger partial charge in [0.15, 0.2) is 0 Å². The second-order valence-electron chi connectivity index (χ2n) is 8.27. The Morgan fingerprint density at radius 3 is 2.32 bits per heavy atom. The van der Waals surface area contributed by atoms with E-state index < -0.39 is 0 Å². The molecule has 2 rings (SSSR count).